The maximum atomic E-state index is 13.3. The van der Waals surface area contributed by atoms with Crippen molar-refractivity contribution in [1.82, 2.24) is 4.72 Å². The first kappa shape index (κ1) is 19.0. The largest absolute Gasteiger partial charge is 0.364 e. The minimum absolute atomic E-state index is 0.122. The third-order valence-corrected chi connectivity index (χ3v) is 5.91. The van der Waals surface area contributed by atoms with E-state index in [4.69, 9.17) is 0 Å². The molecule has 3 aromatic carbocycles. The number of rotatable bonds is 3. The SMILES string of the molecule is O=C(Nc1ccc(F)c(F)c1)c1ccc([C@@H]2Nc3ccccc3S(=O)(=O)N2)cc1. The zero-order chi connectivity index (χ0) is 20.6. The number of amides is 1. The van der Waals surface area contributed by atoms with Crippen LogP contribution in [-0.4, -0.2) is 14.3 Å². The average Bonchev–Trinajstić information content (AvgIpc) is 2.70. The molecule has 1 aliphatic rings. The van der Waals surface area contributed by atoms with Crippen LogP contribution in [0.1, 0.15) is 22.1 Å². The number of nitrogens with one attached hydrogen (secondary N) is 3. The molecule has 1 amide bonds. The van der Waals surface area contributed by atoms with Crippen molar-refractivity contribution >= 4 is 27.3 Å². The second kappa shape index (κ2) is 7.26. The van der Waals surface area contributed by atoms with Gasteiger partial charge in [-0.15, -0.1) is 0 Å². The van der Waals surface area contributed by atoms with Gasteiger partial charge in [-0.05, 0) is 42.0 Å². The Labute approximate surface area is 165 Å². The first-order valence-corrected chi connectivity index (χ1v) is 10.1. The number of hydrogen-bond acceptors (Lipinski definition) is 4. The summed E-state index contributed by atoms with van der Waals surface area (Å²) in [6.07, 6.45) is -0.696. The fourth-order valence-corrected chi connectivity index (χ4v) is 4.29. The molecule has 0 saturated heterocycles. The van der Waals surface area contributed by atoms with Gasteiger partial charge in [-0.1, -0.05) is 24.3 Å². The summed E-state index contributed by atoms with van der Waals surface area (Å²) in [5, 5.41) is 5.58. The lowest BCUT2D eigenvalue weighted by atomic mass is 10.1. The van der Waals surface area contributed by atoms with Crippen molar-refractivity contribution in [3.63, 3.8) is 0 Å². The standard InChI is InChI=1S/C20H15F2N3O3S/c21-15-10-9-14(11-16(15)22)23-20(26)13-7-5-12(6-8-13)19-24-17-3-1-2-4-18(17)29(27,28)25-19/h1-11,19,24-25H,(H,23,26)/t19-/m1/s1. The van der Waals surface area contributed by atoms with Crippen molar-refractivity contribution in [2.24, 2.45) is 0 Å². The predicted octanol–water partition coefficient (Wildman–Crippen LogP) is 3.62. The summed E-state index contributed by atoms with van der Waals surface area (Å²) in [7, 11) is -3.67. The van der Waals surface area contributed by atoms with E-state index in [-0.39, 0.29) is 16.1 Å². The number of carbonyl (C=O) groups is 1. The number of halogens is 2. The van der Waals surface area contributed by atoms with Gasteiger partial charge in [-0.3, -0.25) is 4.79 Å². The Kier molecular flexibility index (Phi) is 4.77. The van der Waals surface area contributed by atoms with E-state index >= 15 is 0 Å². The zero-order valence-corrected chi connectivity index (χ0v) is 15.6. The number of hydrogen-bond donors (Lipinski definition) is 3. The molecule has 4 rings (SSSR count). The van der Waals surface area contributed by atoms with Crippen LogP contribution in [0.25, 0.3) is 0 Å². The number of sulfonamides is 1. The van der Waals surface area contributed by atoms with Crippen LogP contribution in [-0.2, 0) is 10.0 Å². The maximum absolute atomic E-state index is 13.3. The van der Waals surface area contributed by atoms with Crippen molar-refractivity contribution in [3.05, 3.63) is 89.5 Å². The third-order valence-electron chi connectivity index (χ3n) is 4.43. The van der Waals surface area contributed by atoms with Crippen LogP contribution < -0.4 is 15.4 Å². The minimum atomic E-state index is -3.67. The van der Waals surface area contributed by atoms with Crippen molar-refractivity contribution in [2.75, 3.05) is 10.6 Å². The number of para-hydroxylation sites is 1. The zero-order valence-electron chi connectivity index (χ0n) is 14.8. The smallest absolute Gasteiger partial charge is 0.255 e. The molecule has 0 radical (unpaired) electrons. The van der Waals surface area contributed by atoms with Gasteiger partial charge in [0.2, 0.25) is 10.0 Å². The van der Waals surface area contributed by atoms with E-state index in [0.717, 1.165) is 12.1 Å². The normalized spacial score (nSPS) is 17.1. The Balaban J connectivity index is 1.52. The van der Waals surface area contributed by atoms with E-state index < -0.39 is 33.7 Å². The first-order chi connectivity index (χ1) is 13.8. The molecule has 0 fully saturated rings. The molecule has 6 nitrogen and oxygen atoms in total. The Morgan fingerprint density at radius 3 is 2.38 bits per heavy atom. The van der Waals surface area contributed by atoms with Crippen LogP contribution in [0.4, 0.5) is 20.2 Å². The molecular formula is C20H15F2N3O3S. The lowest BCUT2D eigenvalue weighted by Gasteiger charge is -2.28. The lowest BCUT2D eigenvalue weighted by Crippen LogP contribution is -2.38. The summed E-state index contributed by atoms with van der Waals surface area (Å²) < 4.78 is 53.6. The highest BCUT2D eigenvalue weighted by Crippen LogP contribution is 2.30. The van der Waals surface area contributed by atoms with Gasteiger partial charge in [0.1, 0.15) is 11.1 Å². The van der Waals surface area contributed by atoms with E-state index in [2.05, 4.69) is 15.4 Å². The molecule has 0 bridgehead atoms. The van der Waals surface area contributed by atoms with Crippen LogP contribution in [0, 0.1) is 11.6 Å². The van der Waals surface area contributed by atoms with Gasteiger partial charge in [0.05, 0.1) is 5.69 Å². The first-order valence-electron chi connectivity index (χ1n) is 8.58. The fraction of sp³-hybridized carbons (Fsp3) is 0.0500. The summed E-state index contributed by atoms with van der Waals surface area (Å²) in [6, 6.07) is 15.9. The number of fused-ring (bicyclic) bond motifs is 1. The van der Waals surface area contributed by atoms with Crippen molar-refractivity contribution in [1.29, 1.82) is 0 Å². The molecule has 148 valence electrons. The molecule has 1 heterocycles. The number of carbonyl (C=O) groups excluding carboxylic acids is 1. The van der Waals surface area contributed by atoms with Crippen molar-refractivity contribution in [3.8, 4) is 0 Å². The van der Waals surface area contributed by atoms with E-state index in [1.807, 2.05) is 0 Å². The molecule has 0 aliphatic carbocycles. The molecule has 29 heavy (non-hydrogen) atoms. The Morgan fingerprint density at radius 2 is 1.66 bits per heavy atom. The maximum Gasteiger partial charge on any atom is 0.255 e. The van der Waals surface area contributed by atoms with E-state index in [1.54, 1.807) is 30.3 Å². The van der Waals surface area contributed by atoms with Gasteiger partial charge in [0, 0.05) is 17.3 Å². The van der Waals surface area contributed by atoms with Gasteiger partial charge in [-0.2, -0.15) is 4.72 Å². The highest BCUT2D eigenvalue weighted by Gasteiger charge is 2.29. The minimum Gasteiger partial charge on any atom is -0.364 e. The monoisotopic (exact) mass is 415 g/mol. The second-order valence-electron chi connectivity index (χ2n) is 6.40. The summed E-state index contributed by atoms with van der Waals surface area (Å²) >= 11 is 0. The molecule has 0 saturated carbocycles. The van der Waals surface area contributed by atoms with Crippen LogP contribution in [0.3, 0.4) is 0 Å². The van der Waals surface area contributed by atoms with Gasteiger partial charge in [0.15, 0.2) is 11.6 Å². The van der Waals surface area contributed by atoms with E-state index in [0.29, 0.717) is 11.3 Å². The van der Waals surface area contributed by atoms with Crippen LogP contribution in [0.15, 0.2) is 71.6 Å². The predicted molar refractivity (Wildman–Crippen MR) is 104 cm³/mol. The highest BCUT2D eigenvalue weighted by molar-refractivity contribution is 7.89. The Bertz CT molecular complexity index is 1200. The highest BCUT2D eigenvalue weighted by atomic mass is 32.2. The van der Waals surface area contributed by atoms with E-state index in [9.17, 15) is 22.0 Å². The molecule has 0 unspecified atom stereocenters. The van der Waals surface area contributed by atoms with Crippen molar-refractivity contribution < 1.29 is 22.0 Å². The van der Waals surface area contributed by atoms with Crippen LogP contribution in [0.5, 0.6) is 0 Å². The molecule has 3 N–H and O–H groups in total. The topological polar surface area (TPSA) is 87.3 Å². The summed E-state index contributed by atoms with van der Waals surface area (Å²) in [5.74, 6) is -2.57. The van der Waals surface area contributed by atoms with Gasteiger partial charge < -0.3 is 10.6 Å². The summed E-state index contributed by atoms with van der Waals surface area (Å²) in [4.78, 5) is 12.5. The number of anilines is 2. The van der Waals surface area contributed by atoms with Gasteiger partial charge >= 0.3 is 0 Å². The number of benzene rings is 3. The average molecular weight is 415 g/mol. The van der Waals surface area contributed by atoms with E-state index in [1.165, 1.54) is 24.3 Å². The molecule has 0 aromatic heterocycles. The fourth-order valence-electron chi connectivity index (χ4n) is 2.98. The van der Waals surface area contributed by atoms with Crippen LogP contribution >= 0.6 is 0 Å². The third kappa shape index (κ3) is 3.82. The molecule has 9 heteroatoms. The Morgan fingerprint density at radius 1 is 0.931 bits per heavy atom. The van der Waals surface area contributed by atoms with Crippen LogP contribution in [0.2, 0.25) is 0 Å². The lowest BCUT2D eigenvalue weighted by molar-refractivity contribution is 0.102. The molecule has 1 atom stereocenters. The van der Waals surface area contributed by atoms with Gasteiger partial charge in [-0.25, -0.2) is 17.2 Å². The second-order valence-corrected chi connectivity index (χ2v) is 8.08. The molecular weight excluding hydrogens is 400 g/mol. The van der Waals surface area contributed by atoms with Crippen molar-refractivity contribution in [2.45, 2.75) is 11.1 Å². The quantitative estimate of drug-likeness (QED) is 0.610. The summed E-state index contributed by atoms with van der Waals surface area (Å²) in [6.45, 7) is 0. The molecule has 3 aromatic rings. The summed E-state index contributed by atoms with van der Waals surface area (Å²) in [5.41, 5.74) is 1.48. The molecule has 1 aliphatic heterocycles. The molecule has 0 spiro atoms. The Hall–Kier alpha value is -3.30. The van der Waals surface area contributed by atoms with Gasteiger partial charge in [0.25, 0.3) is 5.91 Å².